The maximum absolute atomic E-state index is 12.9. The van der Waals surface area contributed by atoms with Crippen molar-refractivity contribution in [2.24, 2.45) is 0 Å². The molecule has 0 aliphatic carbocycles. The molecule has 5 rings (SSSR count). The summed E-state index contributed by atoms with van der Waals surface area (Å²) in [5, 5.41) is 6.40. The highest BCUT2D eigenvalue weighted by atomic mass is 16.2. The van der Waals surface area contributed by atoms with Crippen LogP contribution in [0.1, 0.15) is 22.8 Å². The average molecular weight is 528 g/mol. The zero-order valence-corrected chi connectivity index (χ0v) is 22.9. The van der Waals surface area contributed by atoms with Gasteiger partial charge in [0.2, 0.25) is 5.91 Å². The van der Waals surface area contributed by atoms with Crippen LogP contribution in [0.2, 0.25) is 0 Å². The molecule has 2 aromatic carbocycles. The van der Waals surface area contributed by atoms with Gasteiger partial charge in [0.1, 0.15) is 11.9 Å². The molecule has 0 unspecified atom stereocenters. The molecular weight excluding hydrogens is 490 g/mol. The summed E-state index contributed by atoms with van der Waals surface area (Å²) in [7, 11) is 3.93. The second kappa shape index (κ2) is 11.8. The Hall–Kier alpha value is -3.95. The maximum Gasteiger partial charge on any atom is 0.251 e. The third-order valence-corrected chi connectivity index (χ3v) is 7.55. The van der Waals surface area contributed by atoms with Gasteiger partial charge in [-0.3, -0.25) is 14.5 Å². The fraction of sp³-hybridized carbons (Fsp3) is 0.367. The van der Waals surface area contributed by atoms with Gasteiger partial charge < -0.3 is 25.3 Å². The van der Waals surface area contributed by atoms with Crippen LogP contribution in [-0.2, 0) is 11.3 Å². The molecule has 3 aromatic rings. The van der Waals surface area contributed by atoms with E-state index < -0.39 is 0 Å². The van der Waals surface area contributed by atoms with E-state index in [2.05, 4.69) is 39.6 Å². The lowest BCUT2D eigenvalue weighted by Gasteiger charge is -2.39. The molecule has 2 aliphatic heterocycles. The summed E-state index contributed by atoms with van der Waals surface area (Å²) in [4.78, 5) is 39.1. The van der Waals surface area contributed by atoms with Crippen molar-refractivity contribution in [2.75, 3.05) is 68.5 Å². The van der Waals surface area contributed by atoms with Crippen LogP contribution in [0.3, 0.4) is 0 Å². The Morgan fingerprint density at radius 2 is 1.74 bits per heavy atom. The van der Waals surface area contributed by atoms with Crippen LogP contribution in [-0.4, -0.2) is 86.0 Å². The fourth-order valence-corrected chi connectivity index (χ4v) is 5.08. The highest BCUT2D eigenvalue weighted by Crippen LogP contribution is 2.36. The van der Waals surface area contributed by atoms with Gasteiger partial charge in [0.15, 0.2) is 5.82 Å². The number of hydrogen-bond donors (Lipinski definition) is 2. The fourth-order valence-electron chi connectivity index (χ4n) is 5.08. The third kappa shape index (κ3) is 6.21. The van der Waals surface area contributed by atoms with Crippen molar-refractivity contribution >= 4 is 34.8 Å². The number of piperazine rings is 1. The molecule has 2 amide bonds. The molecule has 2 N–H and O–H groups in total. The maximum atomic E-state index is 12.9. The van der Waals surface area contributed by atoms with E-state index in [9.17, 15) is 9.59 Å². The van der Waals surface area contributed by atoms with Gasteiger partial charge in [-0.15, -0.1) is 0 Å². The number of rotatable bonds is 8. The predicted molar refractivity (Wildman–Crippen MR) is 156 cm³/mol. The van der Waals surface area contributed by atoms with Gasteiger partial charge in [-0.2, -0.15) is 0 Å². The van der Waals surface area contributed by atoms with E-state index in [0.29, 0.717) is 24.5 Å². The Balaban J connectivity index is 1.28. The number of amides is 2. The number of fused-ring (bicyclic) bond motifs is 1. The molecule has 0 radical (unpaired) electrons. The van der Waals surface area contributed by atoms with Gasteiger partial charge in [-0.25, -0.2) is 4.98 Å². The van der Waals surface area contributed by atoms with Crippen molar-refractivity contribution in [3.8, 4) is 0 Å². The number of hydrogen-bond acceptors (Lipinski definition) is 7. The minimum absolute atomic E-state index is 0.0345. The Labute approximate surface area is 230 Å². The number of anilines is 4. The van der Waals surface area contributed by atoms with Crippen LogP contribution < -0.4 is 20.4 Å². The van der Waals surface area contributed by atoms with E-state index in [1.54, 1.807) is 11.9 Å². The molecular formula is C30H37N7O2. The molecule has 9 heteroatoms. The monoisotopic (exact) mass is 527 g/mol. The average Bonchev–Trinajstić information content (AvgIpc) is 2.96. The summed E-state index contributed by atoms with van der Waals surface area (Å²) < 4.78 is 0. The number of pyridine rings is 1. The number of nitrogens with zero attached hydrogens (tertiary/aromatic N) is 5. The number of likely N-dealkylation sites (N-methyl/N-ethyl adjacent to an activating group) is 2. The molecule has 1 fully saturated rings. The molecule has 39 heavy (non-hydrogen) atoms. The van der Waals surface area contributed by atoms with Crippen molar-refractivity contribution < 1.29 is 9.59 Å². The summed E-state index contributed by atoms with van der Waals surface area (Å²) >= 11 is 0. The van der Waals surface area contributed by atoms with Crippen molar-refractivity contribution in [1.29, 1.82) is 0 Å². The minimum atomic E-state index is -0.344. The van der Waals surface area contributed by atoms with Gasteiger partial charge in [0, 0.05) is 64.1 Å². The van der Waals surface area contributed by atoms with E-state index in [1.807, 2.05) is 66.4 Å². The Morgan fingerprint density at radius 1 is 0.974 bits per heavy atom. The lowest BCUT2D eigenvalue weighted by Crippen LogP contribution is -2.50. The molecule has 1 saturated heterocycles. The SMILES string of the molecule is C[C@@H]1C(=O)N(C)c2ccc(Nc3cccc(C(=O)NCCN4CCN(C)CC4)c3)nc2N1Cc1ccccc1. The van der Waals surface area contributed by atoms with E-state index in [1.165, 1.54) is 0 Å². The highest BCUT2D eigenvalue weighted by molar-refractivity contribution is 6.04. The summed E-state index contributed by atoms with van der Waals surface area (Å²) in [6, 6.07) is 21.0. The second-order valence-electron chi connectivity index (χ2n) is 10.3. The summed E-state index contributed by atoms with van der Waals surface area (Å²) in [6.45, 7) is 8.16. The van der Waals surface area contributed by atoms with Gasteiger partial charge in [0.05, 0.1) is 5.69 Å². The smallest absolute Gasteiger partial charge is 0.251 e. The number of nitrogens with one attached hydrogen (secondary N) is 2. The zero-order chi connectivity index (χ0) is 27.4. The lowest BCUT2D eigenvalue weighted by atomic mass is 10.1. The van der Waals surface area contributed by atoms with Gasteiger partial charge in [0.25, 0.3) is 5.91 Å². The highest BCUT2D eigenvalue weighted by Gasteiger charge is 2.34. The lowest BCUT2D eigenvalue weighted by molar-refractivity contribution is -0.119. The number of benzene rings is 2. The second-order valence-corrected chi connectivity index (χ2v) is 10.3. The molecule has 0 bridgehead atoms. The molecule has 1 atom stereocenters. The topological polar surface area (TPSA) is 84.0 Å². The molecule has 0 saturated carbocycles. The minimum Gasteiger partial charge on any atom is -0.351 e. The molecule has 0 spiro atoms. The normalized spacial score (nSPS) is 18.1. The quantitative estimate of drug-likeness (QED) is 0.466. The number of aromatic nitrogens is 1. The number of carbonyl (C=O) groups excluding carboxylic acids is 2. The van der Waals surface area contributed by atoms with Crippen molar-refractivity contribution in [2.45, 2.75) is 19.5 Å². The van der Waals surface area contributed by atoms with Gasteiger partial charge >= 0.3 is 0 Å². The largest absolute Gasteiger partial charge is 0.351 e. The van der Waals surface area contributed by atoms with Gasteiger partial charge in [-0.1, -0.05) is 36.4 Å². The van der Waals surface area contributed by atoms with E-state index in [0.717, 1.165) is 55.5 Å². The van der Waals surface area contributed by atoms with Crippen molar-refractivity contribution in [1.82, 2.24) is 20.1 Å². The summed E-state index contributed by atoms with van der Waals surface area (Å²) in [5.74, 6) is 1.34. The molecule has 9 nitrogen and oxygen atoms in total. The van der Waals surface area contributed by atoms with E-state index in [4.69, 9.17) is 4.98 Å². The van der Waals surface area contributed by atoms with Crippen LogP contribution in [0.15, 0.2) is 66.7 Å². The summed E-state index contributed by atoms with van der Waals surface area (Å²) in [5.41, 5.74) is 3.25. The Morgan fingerprint density at radius 3 is 2.51 bits per heavy atom. The van der Waals surface area contributed by atoms with E-state index in [-0.39, 0.29) is 17.9 Å². The molecule has 3 heterocycles. The third-order valence-electron chi connectivity index (χ3n) is 7.55. The van der Waals surface area contributed by atoms with Crippen molar-refractivity contribution in [3.05, 3.63) is 77.9 Å². The van der Waals surface area contributed by atoms with Crippen LogP contribution in [0.5, 0.6) is 0 Å². The number of carbonyl (C=O) groups is 2. The Kier molecular flexibility index (Phi) is 8.09. The first-order chi connectivity index (χ1) is 18.9. The summed E-state index contributed by atoms with van der Waals surface area (Å²) in [6.07, 6.45) is 0. The molecule has 2 aliphatic rings. The van der Waals surface area contributed by atoms with Crippen LogP contribution in [0.4, 0.5) is 23.0 Å². The standard InChI is InChI=1S/C30H37N7O2/c1-22-30(39)35(3)26-12-13-27(33-28(26)37(22)21-23-8-5-4-6-9-23)32-25-11-7-10-24(20-25)29(38)31-14-15-36-18-16-34(2)17-19-36/h4-13,20,22H,14-19,21H2,1-3H3,(H,31,38)(H,32,33)/t22-/m1/s1. The predicted octanol–water partition coefficient (Wildman–Crippen LogP) is 3.17. The molecule has 1 aromatic heterocycles. The first-order valence-electron chi connectivity index (χ1n) is 13.5. The van der Waals surface area contributed by atoms with Crippen LogP contribution in [0, 0.1) is 0 Å². The first kappa shape index (κ1) is 26.6. The van der Waals surface area contributed by atoms with Crippen molar-refractivity contribution in [3.63, 3.8) is 0 Å². The van der Waals surface area contributed by atoms with Gasteiger partial charge in [-0.05, 0) is 49.9 Å². The molecule has 204 valence electrons. The zero-order valence-electron chi connectivity index (χ0n) is 22.9. The first-order valence-corrected chi connectivity index (χ1v) is 13.5. The van der Waals surface area contributed by atoms with Crippen LogP contribution in [0.25, 0.3) is 0 Å². The van der Waals surface area contributed by atoms with E-state index >= 15 is 0 Å². The Bertz CT molecular complexity index is 1310. The van der Waals surface area contributed by atoms with Crippen LogP contribution >= 0.6 is 0 Å².